The molecular formula is C26H28ClN5O2. The minimum Gasteiger partial charge on any atom is -0.371 e. The van der Waals surface area contributed by atoms with E-state index in [1.165, 1.54) is 0 Å². The van der Waals surface area contributed by atoms with Gasteiger partial charge in [0.1, 0.15) is 6.04 Å². The van der Waals surface area contributed by atoms with Crippen molar-refractivity contribution in [2.75, 3.05) is 23.3 Å². The van der Waals surface area contributed by atoms with Gasteiger partial charge in [-0.3, -0.25) is 9.78 Å². The topological polar surface area (TPSA) is 86.4 Å². The predicted molar refractivity (Wildman–Crippen MR) is 135 cm³/mol. The summed E-state index contributed by atoms with van der Waals surface area (Å²) in [7, 11) is 0. The average Bonchev–Trinajstić information content (AvgIpc) is 2.87. The largest absolute Gasteiger partial charge is 0.371 e. The van der Waals surface area contributed by atoms with Gasteiger partial charge in [0.05, 0.1) is 0 Å². The van der Waals surface area contributed by atoms with Gasteiger partial charge < -0.3 is 20.9 Å². The van der Waals surface area contributed by atoms with E-state index in [-0.39, 0.29) is 11.9 Å². The molecule has 0 aliphatic carbocycles. The van der Waals surface area contributed by atoms with Crippen LogP contribution in [0.5, 0.6) is 0 Å². The molecule has 2 heterocycles. The molecule has 1 atom stereocenters. The molecule has 1 aliphatic heterocycles. The Hall–Kier alpha value is -3.58. The quantitative estimate of drug-likeness (QED) is 0.474. The molecule has 4 rings (SSSR count). The van der Waals surface area contributed by atoms with Gasteiger partial charge in [0.25, 0.3) is 0 Å². The second-order valence-corrected chi connectivity index (χ2v) is 8.76. The Labute approximate surface area is 204 Å². The maximum absolute atomic E-state index is 13.2. The SMILES string of the molecule is O=C(Nc1ccc(Cl)cc1)NC(Cc1ccccc1)C(=O)NC1CCN(c2ccncc2)CC1. The van der Waals surface area contributed by atoms with E-state index >= 15 is 0 Å². The molecule has 3 N–H and O–H groups in total. The number of nitrogens with one attached hydrogen (secondary N) is 3. The van der Waals surface area contributed by atoms with E-state index in [1.54, 1.807) is 36.7 Å². The van der Waals surface area contributed by atoms with E-state index in [0.717, 1.165) is 37.2 Å². The number of aromatic nitrogens is 1. The maximum atomic E-state index is 13.2. The standard InChI is InChI=1S/C26H28ClN5O2/c27-20-6-8-21(9-7-20)30-26(34)31-24(18-19-4-2-1-3-5-19)25(33)29-22-12-16-32(17-13-22)23-10-14-28-15-11-23/h1-11,14-15,22,24H,12-13,16-18H2,(H,29,33)(H2,30,31,34). The van der Waals surface area contributed by atoms with Gasteiger partial charge in [-0.15, -0.1) is 0 Å². The molecule has 176 valence electrons. The molecule has 1 fully saturated rings. The Balaban J connectivity index is 1.36. The number of amides is 3. The van der Waals surface area contributed by atoms with Crippen LogP contribution in [-0.4, -0.2) is 42.1 Å². The lowest BCUT2D eigenvalue weighted by atomic mass is 10.0. The minimum atomic E-state index is -0.701. The number of urea groups is 1. The van der Waals surface area contributed by atoms with Crippen molar-refractivity contribution in [3.05, 3.63) is 89.7 Å². The zero-order chi connectivity index (χ0) is 23.8. The summed E-state index contributed by atoms with van der Waals surface area (Å²) >= 11 is 5.91. The number of carbonyl (C=O) groups is 2. The molecule has 1 saturated heterocycles. The molecule has 2 aromatic carbocycles. The van der Waals surface area contributed by atoms with Crippen LogP contribution in [0.3, 0.4) is 0 Å². The normalized spacial score (nSPS) is 14.8. The molecule has 1 aliphatic rings. The van der Waals surface area contributed by atoms with Crippen LogP contribution in [0.15, 0.2) is 79.1 Å². The van der Waals surface area contributed by atoms with Crippen LogP contribution in [0.1, 0.15) is 18.4 Å². The number of nitrogens with zero attached hydrogens (tertiary/aromatic N) is 2. The number of halogens is 1. The van der Waals surface area contributed by atoms with Crippen LogP contribution in [0.2, 0.25) is 5.02 Å². The summed E-state index contributed by atoms with van der Waals surface area (Å²) in [5, 5.41) is 9.34. The third-order valence-corrected chi connectivity index (χ3v) is 6.13. The van der Waals surface area contributed by atoms with Gasteiger partial charge in [-0.1, -0.05) is 41.9 Å². The van der Waals surface area contributed by atoms with Crippen molar-refractivity contribution in [1.29, 1.82) is 0 Å². The highest BCUT2D eigenvalue weighted by Crippen LogP contribution is 2.19. The molecule has 3 amide bonds. The molecule has 1 unspecified atom stereocenters. The van der Waals surface area contributed by atoms with Gasteiger partial charge in [-0.2, -0.15) is 0 Å². The van der Waals surface area contributed by atoms with Gasteiger partial charge in [0.15, 0.2) is 0 Å². The highest BCUT2D eigenvalue weighted by Gasteiger charge is 2.26. The Morgan fingerprint density at radius 2 is 1.65 bits per heavy atom. The molecular weight excluding hydrogens is 450 g/mol. The molecule has 0 spiro atoms. The highest BCUT2D eigenvalue weighted by molar-refractivity contribution is 6.30. The van der Waals surface area contributed by atoms with E-state index in [4.69, 9.17) is 11.6 Å². The van der Waals surface area contributed by atoms with E-state index in [9.17, 15) is 9.59 Å². The number of carbonyl (C=O) groups excluding carboxylic acids is 2. The van der Waals surface area contributed by atoms with Crippen LogP contribution in [0.25, 0.3) is 0 Å². The summed E-state index contributed by atoms with van der Waals surface area (Å²) in [4.78, 5) is 32.2. The van der Waals surface area contributed by atoms with Gasteiger partial charge in [0.2, 0.25) is 5.91 Å². The third kappa shape index (κ3) is 6.71. The summed E-state index contributed by atoms with van der Waals surface area (Å²) in [6.45, 7) is 1.70. The van der Waals surface area contributed by atoms with Crippen LogP contribution in [0, 0.1) is 0 Å². The lowest BCUT2D eigenvalue weighted by Crippen LogP contribution is -2.53. The Kier molecular flexibility index (Phi) is 7.99. The van der Waals surface area contributed by atoms with Crippen LogP contribution in [-0.2, 0) is 11.2 Å². The highest BCUT2D eigenvalue weighted by atomic mass is 35.5. The van der Waals surface area contributed by atoms with Crippen molar-refractivity contribution in [2.24, 2.45) is 0 Å². The van der Waals surface area contributed by atoms with Gasteiger partial charge in [-0.05, 0) is 54.8 Å². The zero-order valence-electron chi connectivity index (χ0n) is 18.8. The second-order valence-electron chi connectivity index (χ2n) is 8.32. The Bertz CT molecular complexity index is 1070. The first-order valence-corrected chi connectivity index (χ1v) is 11.8. The fourth-order valence-electron chi connectivity index (χ4n) is 4.06. The first kappa shape index (κ1) is 23.6. The van der Waals surface area contributed by atoms with E-state index in [2.05, 4.69) is 25.8 Å². The number of pyridine rings is 1. The van der Waals surface area contributed by atoms with Crippen molar-refractivity contribution in [3.8, 4) is 0 Å². The van der Waals surface area contributed by atoms with Crippen LogP contribution >= 0.6 is 11.6 Å². The fraction of sp³-hybridized carbons (Fsp3) is 0.269. The van der Waals surface area contributed by atoms with Crippen molar-refractivity contribution in [3.63, 3.8) is 0 Å². The summed E-state index contributed by atoms with van der Waals surface area (Å²) in [6, 6.07) is 19.4. The number of anilines is 2. The molecule has 0 saturated carbocycles. The van der Waals surface area contributed by atoms with Crippen molar-refractivity contribution in [2.45, 2.75) is 31.3 Å². The number of hydrogen-bond donors (Lipinski definition) is 3. The van der Waals surface area contributed by atoms with Crippen molar-refractivity contribution < 1.29 is 9.59 Å². The van der Waals surface area contributed by atoms with Crippen LogP contribution in [0.4, 0.5) is 16.2 Å². The monoisotopic (exact) mass is 477 g/mol. The van der Waals surface area contributed by atoms with Crippen LogP contribution < -0.4 is 20.9 Å². The number of rotatable bonds is 7. The lowest BCUT2D eigenvalue weighted by molar-refractivity contribution is -0.123. The lowest BCUT2D eigenvalue weighted by Gasteiger charge is -2.34. The van der Waals surface area contributed by atoms with Crippen molar-refractivity contribution >= 4 is 34.9 Å². The second kappa shape index (κ2) is 11.5. The number of hydrogen-bond acceptors (Lipinski definition) is 4. The summed E-state index contributed by atoms with van der Waals surface area (Å²) in [5.41, 5.74) is 2.72. The van der Waals surface area contributed by atoms with E-state index < -0.39 is 12.1 Å². The molecule has 0 bridgehead atoms. The van der Waals surface area contributed by atoms with Crippen molar-refractivity contribution in [1.82, 2.24) is 15.6 Å². The predicted octanol–water partition coefficient (Wildman–Crippen LogP) is 4.25. The third-order valence-electron chi connectivity index (χ3n) is 5.88. The fourth-order valence-corrected chi connectivity index (χ4v) is 4.18. The number of benzene rings is 2. The summed E-state index contributed by atoms with van der Waals surface area (Å²) < 4.78 is 0. The number of piperidine rings is 1. The molecule has 1 aromatic heterocycles. The smallest absolute Gasteiger partial charge is 0.319 e. The average molecular weight is 478 g/mol. The Morgan fingerprint density at radius 1 is 0.971 bits per heavy atom. The summed E-state index contributed by atoms with van der Waals surface area (Å²) in [5.74, 6) is -0.183. The molecule has 3 aromatic rings. The first-order chi connectivity index (χ1) is 16.6. The molecule has 34 heavy (non-hydrogen) atoms. The zero-order valence-corrected chi connectivity index (χ0v) is 19.5. The summed E-state index contributed by atoms with van der Waals surface area (Å²) in [6.07, 6.45) is 5.65. The first-order valence-electron chi connectivity index (χ1n) is 11.4. The molecule has 8 heteroatoms. The van der Waals surface area contributed by atoms with E-state index in [0.29, 0.717) is 17.1 Å². The maximum Gasteiger partial charge on any atom is 0.319 e. The molecule has 7 nitrogen and oxygen atoms in total. The molecule has 0 radical (unpaired) electrons. The van der Waals surface area contributed by atoms with Gasteiger partial charge in [0, 0.05) is 54.3 Å². The van der Waals surface area contributed by atoms with E-state index in [1.807, 2.05) is 42.5 Å². The minimum absolute atomic E-state index is 0.0602. The van der Waals surface area contributed by atoms with Gasteiger partial charge >= 0.3 is 6.03 Å². The Morgan fingerprint density at radius 3 is 2.32 bits per heavy atom. The van der Waals surface area contributed by atoms with Gasteiger partial charge in [-0.25, -0.2) is 4.79 Å².